The maximum absolute atomic E-state index is 11.1. The summed E-state index contributed by atoms with van der Waals surface area (Å²) in [5, 5.41) is 0. The van der Waals surface area contributed by atoms with E-state index in [1.165, 1.54) is 0 Å². The largest absolute Gasteiger partial charge is 0.466 e. The summed E-state index contributed by atoms with van der Waals surface area (Å²) in [4.78, 5) is 15.2. The van der Waals surface area contributed by atoms with Gasteiger partial charge in [-0.15, -0.1) is 0 Å². The van der Waals surface area contributed by atoms with Crippen LogP contribution in [0.3, 0.4) is 0 Å². The van der Waals surface area contributed by atoms with Crippen molar-refractivity contribution in [3.8, 4) is 0 Å². The number of esters is 1. The Kier molecular flexibility index (Phi) is 3.45. The normalized spacial score (nSPS) is 9.86. The number of nitrogens with zero attached hydrogens (tertiary/aromatic N) is 1. The molecule has 0 aliphatic carbocycles. The van der Waals surface area contributed by atoms with Gasteiger partial charge in [0.25, 0.3) is 0 Å². The number of nitrogens with two attached hydrogens (primary N) is 1. The summed E-state index contributed by atoms with van der Waals surface area (Å²) in [6.07, 6.45) is 1.80. The van der Waals surface area contributed by atoms with E-state index < -0.39 is 0 Å². The molecule has 0 saturated carbocycles. The highest BCUT2D eigenvalue weighted by atomic mass is 16.5. The molecule has 1 rings (SSSR count). The van der Waals surface area contributed by atoms with Gasteiger partial charge in [-0.25, -0.2) is 0 Å². The first kappa shape index (κ1) is 10.5. The second kappa shape index (κ2) is 4.60. The zero-order valence-corrected chi connectivity index (χ0v) is 8.41. The van der Waals surface area contributed by atoms with Crippen LogP contribution in [-0.2, 0) is 16.0 Å². The lowest BCUT2D eigenvalue weighted by Crippen LogP contribution is -2.09. The summed E-state index contributed by atoms with van der Waals surface area (Å²) in [6, 6.07) is 1.74. The Hall–Kier alpha value is -1.58. The van der Waals surface area contributed by atoms with Gasteiger partial charge in [0.2, 0.25) is 0 Å². The van der Waals surface area contributed by atoms with Gasteiger partial charge in [0.15, 0.2) is 0 Å². The van der Waals surface area contributed by atoms with Gasteiger partial charge >= 0.3 is 5.97 Å². The summed E-state index contributed by atoms with van der Waals surface area (Å²) < 4.78 is 4.81. The zero-order valence-electron chi connectivity index (χ0n) is 8.41. The highest BCUT2D eigenvalue weighted by molar-refractivity contribution is 5.74. The van der Waals surface area contributed by atoms with Crippen LogP contribution in [0.2, 0.25) is 0 Å². The molecule has 0 fully saturated rings. The van der Waals surface area contributed by atoms with Gasteiger partial charge in [0.05, 0.1) is 13.0 Å². The Morgan fingerprint density at radius 3 is 2.93 bits per heavy atom. The number of rotatable bonds is 3. The minimum atomic E-state index is -0.273. The number of aryl methyl sites for hydroxylation is 1. The number of nitrogen functional groups attached to an aromatic ring is 1. The van der Waals surface area contributed by atoms with E-state index in [9.17, 15) is 4.79 Å². The first-order chi connectivity index (χ1) is 6.63. The standard InChI is InChI=1S/C10H14N2O2/c1-3-14-10(13)5-8-6-12-7(2)4-9(8)11/h4,6H,3,5H2,1-2H3,(H2,11,12). The molecule has 1 heterocycles. The summed E-state index contributed by atoms with van der Waals surface area (Å²) in [5.74, 6) is -0.273. The van der Waals surface area contributed by atoms with Gasteiger partial charge in [-0.05, 0) is 19.9 Å². The van der Waals surface area contributed by atoms with Crippen LogP contribution in [0.1, 0.15) is 18.2 Å². The van der Waals surface area contributed by atoms with E-state index in [0.717, 1.165) is 5.69 Å². The van der Waals surface area contributed by atoms with Crippen molar-refractivity contribution in [3.05, 3.63) is 23.5 Å². The fraction of sp³-hybridized carbons (Fsp3) is 0.400. The third-order valence-electron chi connectivity index (χ3n) is 1.80. The fourth-order valence-corrected chi connectivity index (χ4v) is 1.12. The number of ether oxygens (including phenoxy) is 1. The number of anilines is 1. The molecular weight excluding hydrogens is 180 g/mol. The van der Waals surface area contributed by atoms with Crippen LogP contribution in [0.25, 0.3) is 0 Å². The molecule has 14 heavy (non-hydrogen) atoms. The maximum Gasteiger partial charge on any atom is 0.310 e. The van der Waals surface area contributed by atoms with Gasteiger partial charge in [-0.1, -0.05) is 0 Å². The molecule has 0 atom stereocenters. The van der Waals surface area contributed by atoms with Crippen LogP contribution in [0.15, 0.2) is 12.3 Å². The number of pyridine rings is 1. The van der Waals surface area contributed by atoms with Crippen LogP contribution in [0.5, 0.6) is 0 Å². The minimum absolute atomic E-state index is 0.187. The van der Waals surface area contributed by atoms with Crippen LogP contribution in [0.4, 0.5) is 5.69 Å². The van der Waals surface area contributed by atoms with Crippen molar-refractivity contribution >= 4 is 11.7 Å². The van der Waals surface area contributed by atoms with Gasteiger partial charge in [-0.2, -0.15) is 0 Å². The Morgan fingerprint density at radius 2 is 2.36 bits per heavy atom. The van der Waals surface area contributed by atoms with Gasteiger partial charge in [0, 0.05) is 23.1 Å². The molecule has 2 N–H and O–H groups in total. The first-order valence-corrected chi connectivity index (χ1v) is 4.50. The monoisotopic (exact) mass is 194 g/mol. The van der Waals surface area contributed by atoms with Crippen molar-refractivity contribution in [2.45, 2.75) is 20.3 Å². The molecule has 0 aromatic carbocycles. The molecule has 0 aliphatic heterocycles. The molecule has 0 amide bonds. The van der Waals surface area contributed by atoms with Crippen molar-refractivity contribution in [2.75, 3.05) is 12.3 Å². The average Bonchev–Trinajstić information content (AvgIpc) is 2.10. The van der Waals surface area contributed by atoms with E-state index in [0.29, 0.717) is 17.9 Å². The number of hydrogen-bond donors (Lipinski definition) is 1. The predicted molar refractivity (Wildman–Crippen MR) is 53.7 cm³/mol. The van der Waals surface area contributed by atoms with Crippen LogP contribution in [-0.4, -0.2) is 17.6 Å². The summed E-state index contributed by atoms with van der Waals surface area (Å²) in [5.41, 5.74) is 7.87. The van der Waals surface area contributed by atoms with Crippen molar-refractivity contribution in [1.82, 2.24) is 4.98 Å². The lowest BCUT2D eigenvalue weighted by Gasteiger charge is -2.05. The van der Waals surface area contributed by atoms with Crippen molar-refractivity contribution in [1.29, 1.82) is 0 Å². The SMILES string of the molecule is CCOC(=O)Cc1cnc(C)cc1N. The van der Waals surface area contributed by atoms with E-state index in [4.69, 9.17) is 10.5 Å². The number of carbonyl (C=O) groups excluding carboxylic acids is 1. The molecule has 0 saturated heterocycles. The van der Waals surface area contributed by atoms with Gasteiger partial charge in [-0.3, -0.25) is 9.78 Å². The molecule has 0 unspecified atom stereocenters. The fourth-order valence-electron chi connectivity index (χ4n) is 1.12. The van der Waals surface area contributed by atoms with Crippen molar-refractivity contribution < 1.29 is 9.53 Å². The van der Waals surface area contributed by atoms with E-state index >= 15 is 0 Å². The van der Waals surface area contributed by atoms with E-state index in [-0.39, 0.29) is 12.4 Å². The summed E-state index contributed by atoms with van der Waals surface area (Å²) in [7, 11) is 0. The maximum atomic E-state index is 11.1. The topological polar surface area (TPSA) is 65.2 Å². The number of hydrogen-bond acceptors (Lipinski definition) is 4. The zero-order chi connectivity index (χ0) is 10.6. The Bertz CT molecular complexity index is 337. The second-order valence-corrected chi connectivity index (χ2v) is 3.01. The number of carbonyl (C=O) groups is 1. The van der Waals surface area contributed by atoms with Gasteiger partial charge in [0.1, 0.15) is 0 Å². The Morgan fingerprint density at radius 1 is 1.64 bits per heavy atom. The molecule has 0 radical (unpaired) electrons. The van der Waals surface area contributed by atoms with Crippen LogP contribution >= 0.6 is 0 Å². The molecule has 0 bridgehead atoms. The van der Waals surface area contributed by atoms with E-state index in [1.807, 2.05) is 6.92 Å². The van der Waals surface area contributed by atoms with Crippen LogP contribution in [0, 0.1) is 6.92 Å². The summed E-state index contributed by atoms with van der Waals surface area (Å²) >= 11 is 0. The molecule has 4 heteroatoms. The highest BCUT2D eigenvalue weighted by Crippen LogP contribution is 2.12. The average molecular weight is 194 g/mol. The Labute approximate surface area is 83.1 Å². The third-order valence-corrected chi connectivity index (χ3v) is 1.80. The lowest BCUT2D eigenvalue weighted by molar-refractivity contribution is -0.142. The number of aromatic nitrogens is 1. The van der Waals surface area contributed by atoms with Gasteiger partial charge < -0.3 is 10.5 Å². The van der Waals surface area contributed by atoms with E-state index in [1.54, 1.807) is 19.2 Å². The van der Waals surface area contributed by atoms with Crippen LogP contribution < -0.4 is 5.73 Å². The quantitative estimate of drug-likeness (QED) is 0.731. The third kappa shape index (κ3) is 2.73. The molecule has 1 aromatic rings. The second-order valence-electron chi connectivity index (χ2n) is 3.01. The predicted octanol–water partition coefficient (Wildman–Crippen LogP) is 1.08. The molecule has 76 valence electrons. The molecule has 0 spiro atoms. The minimum Gasteiger partial charge on any atom is -0.466 e. The highest BCUT2D eigenvalue weighted by Gasteiger charge is 2.07. The van der Waals surface area contributed by atoms with Crippen molar-refractivity contribution in [3.63, 3.8) is 0 Å². The smallest absolute Gasteiger partial charge is 0.310 e. The molecule has 1 aromatic heterocycles. The lowest BCUT2D eigenvalue weighted by atomic mass is 10.1. The molecule has 0 aliphatic rings. The van der Waals surface area contributed by atoms with Crippen molar-refractivity contribution in [2.24, 2.45) is 0 Å². The molecular formula is C10H14N2O2. The Balaban J connectivity index is 2.72. The summed E-state index contributed by atoms with van der Waals surface area (Å²) in [6.45, 7) is 4.01. The van der Waals surface area contributed by atoms with E-state index in [2.05, 4.69) is 4.98 Å². The first-order valence-electron chi connectivity index (χ1n) is 4.50. The molecule has 4 nitrogen and oxygen atoms in total.